The third kappa shape index (κ3) is 12.0. The van der Waals surface area contributed by atoms with Crippen LogP contribution in [0.3, 0.4) is 0 Å². The normalized spacial score (nSPS) is 12.9. The Labute approximate surface area is 220 Å². The highest BCUT2D eigenvalue weighted by molar-refractivity contribution is 5.94. The Hall–Kier alpha value is -3.30. The zero-order valence-corrected chi connectivity index (χ0v) is 24.0. The Bertz CT molecular complexity index is 977. The number of carbonyl (C=O) groups is 3. The molecule has 208 valence electrons. The maximum absolute atomic E-state index is 12.4. The molecule has 0 aliphatic carbocycles. The number of methoxy groups -OCH3 is 1. The van der Waals surface area contributed by atoms with E-state index in [1.165, 1.54) is 0 Å². The molecule has 1 aromatic carbocycles. The minimum atomic E-state index is -0.691. The Morgan fingerprint density at radius 2 is 1.59 bits per heavy atom. The summed E-state index contributed by atoms with van der Waals surface area (Å²) in [5.74, 6) is 1.07. The highest BCUT2D eigenvalue weighted by atomic mass is 16.6. The van der Waals surface area contributed by atoms with Gasteiger partial charge in [-0.1, -0.05) is 0 Å². The van der Waals surface area contributed by atoms with Gasteiger partial charge >= 0.3 is 12.2 Å². The van der Waals surface area contributed by atoms with E-state index >= 15 is 0 Å². The minimum Gasteiger partial charge on any atom is -0.496 e. The van der Waals surface area contributed by atoms with Gasteiger partial charge in [-0.25, -0.2) is 14.6 Å². The van der Waals surface area contributed by atoms with Crippen molar-refractivity contribution in [1.82, 2.24) is 16.0 Å². The second-order valence-electron chi connectivity index (χ2n) is 10.9. The van der Waals surface area contributed by atoms with Crippen molar-refractivity contribution in [3.05, 3.63) is 28.3 Å². The molecule has 10 nitrogen and oxygen atoms in total. The highest BCUT2D eigenvalue weighted by Crippen LogP contribution is 2.27. The predicted octanol–water partition coefficient (Wildman–Crippen LogP) is 4.46. The number of aldehydes is 1. The maximum Gasteiger partial charge on any atom is 0.414 e. The van der Waals surface area contributed by atoms with Gasteiger partial charge in [0.25, 0.3) is 0 Å². The maximum atomic E-state index is 12.4. The van der Waals surface area contributed by atoms with Crippen LogP contribution < -0.4 is 20.7 Å². The van der Waals surface area contributed by atoms with Crippen LogP contribution >= 0.6 is 0 Å². The number of benzene rings is 1. The third-order valence-electron chi connectivity index (χ3n) is 5.29. The summed E-state index contributed by atoms with van der Waals surface area (Å²) in [6, 6.07) is 1.28. The molecular formula is C27H44N4O6. The molecule has 1 aromatic rings. The number of carbonyl (C=O) groups excluding carboxylic acids is 3. The molecule has 0 aliphatic heterocycles. The summed E-state index contributed by atoms with van der Waals surface area (Å²) < 4.78 is 16.0. The van der Waals surface area contributed by atoms with Gasteiger partial charge in [0.1, 0.15) is 23.2 Å². The molecule has 0 saturated heterocycles. The molecule has 0 aliphatic rings. The number of nitrogens with zero attached hydrogens (tertiary/aromatic N) is 1. The molecule has 2 amide bonds. The summed E-state index contributed by atoms with van der Waals surface area (Å²) >= 11 is 0. The molecule has 1 unspecified atom stereocenters. The van der Waals surface area contributed by atoms with E-state index < -0.39 is 29.4 Å². The number of aliphatic imine (C=N–C) groups is 1. The van der Waals surface area contributed by atoms with E-state index in [1.807, 2.05) is 26.8 Å². The summed E-state index contributed by atoms with van der Waals surface area (Å²) in [5.41, 5.74) is 2.84. The fourth-order valence-electron chi connectivity index (χ4n) is 3.41. The molecule has 1 rings (SSSR count). The summed E-state index contributed by atoms with van der Waals surface area (Å²) in [5, 5.41) is 8.34. The van der Waals surface area contributed by atoms with Crippen LogP contribution in [0.4, 0.5) is 9.59 Å². The summed E-state index contributed by atoms with van der Waals surface area (Å²) in [6.45, 7) is 17.3. The SMILES string of the molecule is COc1cc(C)c(CN=C(NCCCC(C=O)NC(=O)OC(C)(C)C)NC(=O)OC(C)(C)C)c(C)c1C. The van der Waals surface area contributed by atoms with Crippen molar-refractivity contribution >= 4 is 24.4 Å². The van der Waals surface area contributed by atoms with Crippen molar-refractivity contribution < 1.29 is 28.6 Å². The number of rotatable bonds is 9. The second kappa shape index (κ2) is 13.9. The number of hydrogen-bond acceptors (Lipinski definition) is 7. The predicted molar refractivity (Wildman–Crippen MR) is 144 cm³/mol. The van der Waals surface area contributed by atoms with Gasteiger partial charge in [0, 0.05) is 6.54 Å². The van der Waals surface area contributed by atoms with E-state index in [2.05, 4.69) is 20.9 Å². The van der Waals surface area contributed by atoms with Gasteiger partial charge < -0.3 is 29.6 Å². The fourth-order valence-corrected chi connectivity index (χ4v) is 3.41. The standard InChI is InChI=1S/C27H44N4O6/c1-17-14-22(35-10)19(3)18(2)21(17)15-29-23(31-25(34)37-27(7,8)9)28-13-11-12-20(16-32)30-24(33)36-26(4,5)6/h14,16,20H,11-13,15H2,1-10H3,(H,30,33)(H2,28,29,31,34). The highest BCUT2D eigenvalue weighted by Gasteiger charge is 2.20. The van der Waals surface area contributed by atoms with Crippen molar-refractivity contribution in [3.8, 4) is 5.75 Å². The van der Waals surface area contributed by atoms with Crippen LogP contribution in [0.2, 0.25) is 0 Å². The Morgan fingerprint density at radius 1 is 1.00 bits per heavy atom. The molecule has 3 N–H and O–H groups in total. The van der Waals surface area contributed by atoms with E-state index in [-0.39, 0.29) is 5.96 Å². The Balaban J connectivity index is 2.90. The number of nitrogens with one attached hydrogen (secondary N) is 3. The monoisotopic (exact) mass is 520 g/mol. The van der Waals surface area contributed by atoms with E-state index in [4.69, 9.17) is 14.2 Å². The lowest BCUT2D eigenvalue weighted by molar-refractivity contribution is -0.109. The van der Waals surface area contributed by atoms with E-state index in [1.54, 1.807) is 48.7 Å². The molecule has 0 fully saturated rings. The number of alkyl carbamates (subject to hydrolysis) is 2. The van der Waals surface area contributed by atoms with E-state index in [0.29, 0.717) is 32.2 Å². The Kier molecular flexibility index (Phi) is 11.9. The lowest BCUT2D eigenvalue weighted by atomic mass is 9.97. The topological polar surface area (TPSA) is 127 Å². The molecule has 37 heavy (non-hydrogen) atoms. The first-order valence-corrected chi connectivity index (χ1v) is 12.4. The molecule has 0 aromatic heterocycles. The first-order valence-electron chi connectivity index (χ1n) is 12.4. The molecule has 0 bridgehead atoms. The van der Waals surface area contributed by atoms with Gasteiger partial charge in [-0.3, -0.25) is 5.32 Å². The van der Waals surface area contributed by atoms with E-state index in [9.17, 15) is 14.4 Å². The Morgan fingerprint density at radius 3 is 2.14 bits per heavy atom. The second-order valence-corrected chi connectivity index (χ2v) is 10.9. The number of aryl methyl sites for hydroxylation is 1. The van der Waals surface area contributed by atoms with Crippen LogP contribution in [0.1, 0.15) is 76.6 Å². The fraction of sp³-hybridized carbons (Fsp3) is 0.630. The number of ether oxygens (including phenoxy) is 3. The number of guanidine groups is 1. The van der Waals surface area contributed by atoms with Gasteiger partial charge in [-0.05, 0) is 103 Å². The van der Waals surface area contributed by atoms with Crippen LogP contribution in [0.25, 0.3) is 0 Å². The first-order chi connectivity index (χ1) is 17.1. The van der Waals surface area contributed by atoms with Crippen molar-refractivity contribution in [3.63, 3.8) is 0 Å². The molecular weight excluding hydrogens is 476 g/mol. The van der Waals surface area contributed by atoms with E-state index in [0.717, 1.165) is 28.0 Å². The van der Waals surface area contributed by atoms with Crippen LogP contribution in [-0.4, -0.2) is 55.3 Å². The third-order valence-corrected chi connectivity index (χ3v) is 5.29. The largest absolute Gasteiger partial charge is 0.496 e. The minimum absolute atomic E-state index is 0.254. The molecule has 0 spiro atoms. The molecule has 10 heteroatoms. The van der Waals surface area contributed by atoms with Crippen molar-refractivity contribution in [2.24, 2.45) is 4.99 Å². The summed E-state index contributed by atoms with van der Waals surface area (Å²) in [7, 11) is 1.64. The average molecular weight is 521 g/mol. The van der Waals surface area contributed by atoms with Gasteiger partial charge in [-0.2, -0.15) is 0 Å². The average Bonchev–Trinajstić information content (AvgIpc) is 2.75. The van der Waals surface area contributed by atoms with Crippen molar-refractivity contribution in [1.29, 1.82) is 0 Å². The quantitative estimate of drug-likeness (QED) is 0.190. The lowest BCUT2D eigenvalue weighted by Gasteiger charge is -2.22. The lowest BCUT2D eigenvalue weighted by Crippen LogP contribution is -2.44. The molecule has 0 heterocycles. The van der Waals surface area contributed by atoms with Gasteiger partial charge in [0.15, 0.2) is 0 Å². The molecule has 0 radical (unpaired) electrons. The van der Waals surface area contributed by atoms with Crippen LogP contribution in [0.15, 0.2) is 11.1 Å². The summed E-state index contributed by atoms with van der Waals surface area (Å²) in [4.78, 5) is 40.4. The van der Waals surface area contributed by atoms with Crippen LogP contribution in [-0.2, 0) is 20.8 Å². The van der Waals surface area contributed by atoms with Crippen molar-refractivity contribution in [2.45, 2.75) is 98.9 Å². The van der Waals surface area contributed by atoms with Gasteiger partial charge in [-0.15, -0.1) is 0 Å². The number of hydrogen-bond donors (Lipinski definition) is 3. The zero-order chi connectivity index (χ0) is 28.4. The zero-order valence-electron chi connectivity index (χ0n) is 24.0. The van der Waals surface area contributed by atoms with Crippen LogP contribution in [0.5, 0.6) is 5.75 Å². The molecule has 0 saturated carbocycles. The summed E-state index contributed by atoms with van der Waals surface area (Å²) in [6.07, 6.45) is 0.303. The smallest absolute Gasteiger partial charge is 0.414 e. The number of amides is 2. The van der Waals surface area contributed by atoms with Crippen molar-refractivity contribution in [2.75, 3.05) is 13.7 Å². The first kappa shape index (κ1) is 31.7. The van der Waals surface area contributed by atoms with Gasteiger partial charge in [0.05, 0.1) is 19.7 Å². The van der Waals surface area contributed by atoms with Crippen LogP contribution in [0, 0.1) is 20.8 Å². The molecule has 1 atom stereocenters. The van der Waals surface area contributed by atoms with Gasteiger partial charge in [0.2, 0.25) is 5.96 Å².